The molecule has 0 atom stereocenters. The lowest BCUT2D eigenvalue weighted by Crippen LogP contribution is -1.85. The Morgan fingerprint density at radius 3 is 1.07 bits per heavy atom. The van der Waals surface area contributed by atoms with Crippen LogP contribution in [-0.2, 0) is 0 Å². The van der Waals surface area contributed by atoms with Gasteiger partial charge in [0.2, 0.25) is 0 Å². The fourth-order valence-corrected chi connectivity index (χ4v) is 6.26. The van der Waals surface area contributed by atoms with E-state index in [0.717, 1.165) is 66.1 Å². The molecule has 9 aromatic rings. The van der Waals surface area contributed by atoms with E-state index in [1.165, 1.54) is 22.3 Å². The van der Waals surface area contributed by atoms with Gasteiger partial charge in [0.05, 0.1) is 12.4 Å². The normalized spacial score (nSPS) is 11.6. The summed E-state index contributed by atoms with van der Waals surface area (Å²) >= 11 is 0. The molecule has 0 aliphatic carbocycles. The Morgan fingerprint density at radius 1 is 0.318 bits per heavy atom. The minimum Gasteiger partial charge on any atom is -0.454 e. The minimum absolute atomic E-state index is 0.808. The number of furan rings is 2. The molecule has 0 aliphatic rings. The highest BCUT2D eigenvalue weighted by Gasteiger charge is 2.11. The standard InChI is InChI=1S/C40H24N2O2/c1-4-25(27-6-2-8-29(19-27)31-10-12-37-35(21-31)33-14-16-41-23-39(33)43-37)18-26(5-1)28-7-3-9-30(20-28)32-11-13-38-36(22-32)34-15-17-42-24-40(34)44-38/h1-24H. The maximum atomic E-state index is 5.99. The van der Waals surface area contributed by atoms with Crippen LogP contribution < -0.4 is 0 Å². The highest BCUT2D eigenvalue weighted by atomic mass is 16.3. The van der Waals surface area contributed by atoms with E-state index in [9.17, 15) is 0 Å². The summed E-state index contributed by atoms with van der Waals surface area (Å²) < 4.78 is 12.0. The molecule has 206 valence electrons. The lowest BCUT2D eigenvalue weighted by molar-refractivity contribution is 0.666. The molecule has 0 radical (unpaired) electrons. The molecule has 0 bridgehead atoms. The molecule has 4 nitrogen and oxygen atoms in total. The van der Waals surface area contributed by atoms with Crippen molar-refractivity contribution in [3.63, 3.8) is 0 Å². The molecule has 9 rings (SSSR count). The average molecular weight is 565 g/mol. The molecular formula is C40H24N2O2. The molecule has 0 saturated heterocycles. The first-order valence-corrected chi connectivity index (χ1v) is 14.6. The Kier molecular flexibility index (Phi) is 5.47. The number of fused-ring (bicyclic) bond motifs is 6. The van der Waals surface area contributed by atoms with E-state index in [-0.39, 0.29) is 0 Å². The van der Waals surface area contributed by atoms with Crippen LogP contribution >= 0.6 is 0 Å². The highest BCUT2D eigenvalue weighted by molar-refractivity contribution is 6.07. The van der Waals surface area contributed by atoms with Gasteiger partial charge >= 0.3 is 0 Å². The smallest absolute Gasteiger partial charge is 0.153 e. The number of hydrogen-bond donors (Lipinski definition) is 0. The second kappa shape index (κ2) is 9.79. The van der Waals surface area contributed by atoms with E-state index in [0.29, 0.717) is 0 Å². The van der Waals surface area contributed by atoms with Crippen molar-refractivity contribution in [1.29, 1.82) is 0 Å². The zero-order valence-electron chi connectivity index (χ0n) is 23.6. The molecule has 0 fully saturated rings. The molecule has 0 saturated carbocycles. The van der Waals surface area contributed by atoms with Gasteiger partial charge in [0.1, 0.15) is 11.2 Å². The third-order valence-electron chi connectivity index (χ3n) is 8.47. The van der Waals surface area contributed by atoms with Gasteiger partial charge in [-0.1, -0.05) is 66.7 Å². The van der Waals surface area contributed by atoms with Crippen LogP contribution in [0.2, 0.25) is 0 Å². The largest absolute Gasteiger partial charge is 0.454 e. The first-order valence-electron chi connectivity index (χ1n) is 14.6. The summed E-state index contributed by atoms with van der Waals surface area (Å²) in [5.41, 5.74) is 12.7. The maximum absolute atomic E-state index is 5.99. The van der Waals surface area contributed by atoms with Gasteiger partial charge in [0, 0.05) is 33.9 Å². The summed E-state index contributed by atoms with van der Waals surface area (Å²) in [6.45, 7) is 0. The van der Waals surface area contributed by atoms with Crippen molar-refractivity contribution in [2.45, 2.75) is 0 Å². The summed E-state index contributed by atoms with van der Waals surface area (Å²) in [5, 5.41) is 4.37. The predicted molar refractivity (Wildman–Crippen MR) is 178 cm³/mol. The van der Waals surface area contributed by atoms with E-state index in [2.05, 4.69) is 119 Å². The molecule has 0 spiro atoms. The van der Waals surface area contributed by atoms with E-state index in [1.807, 2.05) is 24.5 Å². The summed E-state index contributed by atoms with van der Waals surface area (Å²) in [7, 11) is 0. The zero-order chi connectivity index (χ0) is 29.0. The number of rotatable bonds is 4. The number of hydrogen-bond acceptors (Lipinski definition) is 4. The van der Waals surface area contributed by atoms with Gasteiger partial charge in [-0.2, -0.15) is 0 Å². The Hall–Kier alpha value is -6.00. The van der Waals surface area contributed by atoms with Crippen LogP contribution in [0.4, 0.5) is 0 Å². The molecule has 0 amide bonds. The summed E-state index contributed by atoms with van der Waals surface area (Å²) in [5.74, 6) is 0. The lowest BCUT2D eigenvalue weighted by atomic mass is 9.94. The molecular weight excluding hydrogens is 540 g/mol. The van der Waals surface area contributed by atoms with Crippen LogP contribution in [0.15, 0.2) is 155 Å². The molecule has 0 N–H and O–H groups in total. The van der Waals surface area contributed by atoms with Crippen LogP contribution in [0, 0.1) is 0 Å². The van der Waals surface area contributed by atoms with Crippen molar-refractivity contribution in [3.05, 3.63) is 146 Å². The van der Waals surface area contributed by atoms with Crippen LogP contribution in [0.1, 0.15) is 0 Å². The predicted octanol–water partition coefficient (Wildman–Crippen LogP) is 10.9. The highest BCUT2D eigenvalue weighted by Crippen LogP contribution is 2.36. The van der Waals surface area contributed by atoms with Gasteiger partial charge in [0.15, 0.2) is 11.2 Å². The van der Waals surface area contributed by atoms with Gasteiger partial charge in [-0.3, -0.25) is 9.97 Å². The van der Waals surface area contributed by atoms with Crippen molar-refractivity contribution in [1.82, 2.24) is 9.97 Å². The van der Waals surface area contributed by atoms with Crippen LogP contribution in [0.3, 0.4) is 0 Å². The van der Waals surface area contributed by atoms with Gasteiger partial charge in [-0.25, -0.2) is 0 Å². The van der Waals surface area contributed by atoms with Gasteiger partial charge < -0.3 is 8.83 Å². The molecule has 44 heavy (non-hydrogen) atoms. The molecule has 4 heteroatoms. The van der Waals surface area contributed by atoms with Crippen molar-refractivity contribution in [2.24, 2.45) is 0 Å². The quantitative estimate of drug-likeness (QED) is 0.213. The molecule has 0 unspecified atom stereocenters. The van der Waals surface area contributed by atoms with E-state index in [4.69, 9.17) is 8.83 Å². The second-order valence-electron chi connectivity index (χ2n) is 11.1. The van der Waals surface area contributed by atoms with Crippen molar-refractivity contribution in [2.75, 3.05) is 0 Å². The van der Waals surface area contributed by atoms with Crippen LogP contribution in [0.25, 0.3) is 88.4 Å². The van der Waals surface area contributed by atoms with Crippen molar-refractivity contribution < 1.29 is 8.83 Å². The van der Waals surface area contributed by atoms with E-state index >= 15 is 0 Å². The van der Waals surface area contributed by atoms with Crippen molar-refractivity contribution >= 4 is 43.9 Å². The fraction of sp³-hybridized carbons (Fsp3) is 0. The van der Waals surface area contributed by atoms with Gasteiger partial charge in [-0.05, 0) is 99.1 Å². The van der Waals surface area contributed by atoms with Crippen LogP contribution in [-0.4, -0.2) is 9.97 Å². The average Bonchev–Trinajstić information content (AvgIpc) is 3.66. The molecule has 5 aromatic carbocycles. The Balaban J connectivity index is 1.07. The summed E-state index contributed by atoms with van der Waals surface area (Å²) in [4.78, 5) is 8.41. The second-order valence-corrected chi connectivity index (χ2v) is 11.1. The first-order chi connectivity index (χ1) is 21.8. The van der Waals surface area contributed by atoms with Crippen LogP contribution in [0.5, 0.6) is 0 Å². The summed E-state index contributed by atoms with van der Waals surface area (Å²) in [6.07, 6.45) is 7.17. The van der Waals surface area contributed by atoms with Gasteiger partial charge in [0.25, 0.3) is 0 Å². The topological polar surface area (TPSA) is 52.1 Å². The number of pyridine rings is 2. The molecule has 0 aliphatic heterocycles. The molecule has 4 heterocycles. The van der Waals surface area contributed by atoms with Crippen molar-refractivity contribution in [3.8, 4) is 44.5 Å². The maximum Gasteiger partial charge on any atom is 0.153 e. The lowest BCUT2D eigenvalue weighted by Gasteiger charge is -2.10. The molecule has 4 aromatic heterocycles. The van der Waals surface area contributed by atoms with E-state index < -0.39 is 0 Å². The monoisotopic (exact) mass is 564 g/mol. The zero-order valence-corrected chi connectivity index (χ0v) is 23.6. The minimum atomic E-state index is 0.808. The number of benzene rings is 5. The Labute approximate surface area is 252 Å². The number of nitrogens with zero attached hydrogens (tertiary/aromatic N) is 2. The van der Waals surface area contributed by atoms with E-state index in [1.54, 1.807) is 12.4 Å². The van der Waals surface area contributed by atoms with Gasteiger partial charge in [-0.15, -0.1) is 0 Å². The third kappa shape index (κ3) is 4.08. The summed E-state index contributed by atoms with van der Waals surface area (Å²) in [6, 6.07) is 43.0. The SMILES string of the molecule is c1cc(-c2cccc(-c3ccc4oc5cnccc5c4c3)c2)cc(-c2cccc(-c3ccc4oc5cnccc5c4c3)c2)c1. The third-order valence-corrected chi connectivity index (χ3v) is 8.47. The first kappa shape index (κ1) is 24.6. The fourth-order valence-electron chi connectivity index (χ4n) is 6.26. The number of aromatic nitrogens is 2. The Bertz CT molecular complexity index is 2350. The Morgan fingerprint density at radius 2 is 0.682 bits per heavy atom.